The maximum Gasteiger partial charge on any atom is 0.259 e. The second kappa shape index (κ2) is 7.99. The average Bonchev–Trinajstić information content (AvgIpc) is 3.08. The van der Waals surface area contributed by atoms with Crippen LogP contribution in [0.3, 0.4) is 0 Å². The standard InChI is InChI=1S/C25H23N3O3/c1-15-7-6-8-19(16(15)2)27-25(30)21-20-9-4-5-14-28(20)23(22(21)26)24(29)17-10-12-18(31-3)13-11-17/h4-14H,26H2,1-3H3,(H,27,30). The predicted octanol–water partition coefficient (Wildman–Crippen LogP) is 4.63. The van der Waals surface area contributed by atoms with Gasteiger partial charge in [0.1, 0.15) is 11.4 Å². The predicted molar refractivity (Wildman–Crippen MR) is 122 cm³/mol. The van der Waals surface area contributed by atoms with Crippen molar-refractivity contribution in [3.05, 3.63) is 94.8 Å². The molecule has 4 rings (SSSR count). The SMILES string of the molecule is COc1ccc(C(=O)c2c(N)c(C(=O)Nc3cccc(C)c3C)c3ccccn23)cc1. The van der Waals surface area contributed by atoms with Gasteiger partial charge in [0.25, 0.3) is 5.91 Å². The first kappa shape index (κ1) is 20.2. The van der Waals surface area contributed by atoms with Crippen molar-refractivity contribution in [2.75, 3.05) is 18.2 Å². The second-order valence-corrected chi connectivity index (χ2v) is 7.35. The largest absolute Gasteiger partial charge is 0.497 e. The maximum absolute atomic E-state index is 13.3. The third-order valence-electron chi connectivity index (χ3n) is 5.53. The van der Waals surface area contributed by atoms with Crippen molar-refractivity contribution in [3.63, 3.8) is 0 Å². The summed E-state index contributed by atoms with van der Waals surface area (Å²) in [5, 5.41) is 2.95. The van der Waals surface area contributed by atoms with Crippen LogP contribution in [0, 0.1) is 13.8 Å². The summed E-state index contributed by atoms with van der Waals surface area (Å²) in [6.45, 7) is 3.93. The number of hydrogen-bond acceptors (Lipinski definition) is 4. The van der Waals surface area contributed by atoms with E-state index in [0.29, 0.717) is 22.5 Å². The van der Waals surface area contributed by atoms with E-state index in [1.54, 1.807) is 54.1 Å². The molecular weight excluding hydrogens is 390 g/mol. The Balaban J connectivity index is 1.80. The Kier molecular flexibility index (Phi) is 5.21. The van der Waals surface area contributed by atoms with Gasteiger partial charge in [0.05, 0.1) is 23.9 Å². The van der Waals surface area contributed by atoms with Crippen LogP contribution < -0.4 is 15.8 Å². The minimum atomic E-state index is -0.358. The first-order valence-electron chi connectivity index (χ1n) is 9.87. The molecule has 0 aliphatic heterocycles. The fraction of sp³-hybridized carbons (Fsp3) is 0.120. The number of anilines is 2. The van der Waals surface area contributed by atoms with Gasteiger partial charge in [-0.1, -0.05) is 18.2 Å². The van der Waals surface area contributed by atoms with Gasteiger partial charge in [0.15, 0.2) is 0 Å². The molecule has 2 aromatic carbocycles. The van der Waals surface area contributed by atoms with Gasteiger partial charge in [0, 0.05) is 17.4 Å². The van der Waals surface area contributed by atoms with Gasteiger partial charge in [0.2, 0.25) is 5.78 Å². The van der Waals surface area contributed by atoms with Crippen LogP contribution in [-0.2, 0) is 0 Å². The molecule has 0 radical (unpaired) electrons. The third-order valence-corrected chi connectivity index (χ3v) is 5.53. The summed E-state index contributed by atoms with van der Waals surface area (Å²) >= 11 is 0. The number of ketones is 1. The van der Waals surface area contributed by atoms with Crippen molar-refractivity contribution < 1.29 is 14.3 Å². The van der Waals surface area contributed by atoms with Crippen LogP contribution in [0.25, 0.3) is 5.52 Å². The Morgan fingerprint density at radius 2 is 1.71 bits per heavy atom. The lowest BCUT2D eigenvalue weighted by atomic mass is 10.1. The lowest BCUT2D eigenvalue weighted by Gasteiger charge is -2.10. The van der Waals surface area contributed by atoms with Crippen LogP contribution in [0.5, 0.6) is 5.75 Å². The molecule has 0 aliphatic carbocycles. The van der Waals surface area contributed by atoms with Gasteiger partial charge in [-0.25, -0.2) is 0 Å². The van der Waals surface area contributed by atoms with Crippen LogP contribution >= 0.6 is 0 Å². The van der Waals surface area contributed by atoms with E-state index in [9.17, 15) is 9.59 Å². The van der Waals surface area contributed by atoms with E-state index >= 15 is 0 Å². The first-order valence-corrected chi connectivity index (χ1v) is 9.87. The van der Waals surface area contributed by atoms with Crippen molar-refractivity contribution in [3.8, 4) is 5.75 Å². The van der Waals surface area contributed by atoms with E-state index in [-0.39, 0.29) is 28.6 Å². The zero-order valence-corrected chi connectivity index (χ0v) is 17.6. The molecule has 4 aromatic rings. The number of carbonyl (C=O) groups is 2. The van der Waals surface area contributed by atoms with Gasteiger partial charge in [-0.15, -0.1) is 0 Å². The van der Waals surface area contributed by atoms with E-state index in [4.69, 9.17) is 10.5 Å². The number of nitrogens with two attached hydrogens (primary N) is 1. The van der Waals surface area contributed by atoms with Crippen molar-refractivity contribution in [2.45, 2.75) is 13.8 Å². The number of aromatic nitrogens is 1. The summed E-state index contributed by atoms with van der Waals surface area (Å²) in [5.74, 6) is 0.0222. The molecule has 3 N–H and O–H groups in total. The fourth-order valence-corrected chi connectivity index (χ4v) is 3.65. The minimum absolute atomic E-state index is 0.148. The number of amides is 1. The minimum Gasteiger partial charge on any atom is -0.497 e. The Labute approximate surface area is 180 Å². The Hall–Kier alpha value is -4.06. The zero-order valence-electron chi connectivity index (χ0n) is 17.6. The number of carbonyl (C=O) groups excluding carboxylic acids is 2. The molecule has 6 nitrogen and oxygen atoms in total. The zero-order chi connectivity index (χ0) is 22.1. The van der Waals surface area contributed by atoms with Crippen LogP contribution in [0.15, 0.2) is 66.9 Å². The Bertz CT molecular complexity index is 1300. The van der Waals surface area contributed by atoms with Gasteiger partial charge in [-0.05, 0) is 67.4 Å². The highest BCUT2D eigenvalue weighted by atomic mass is 16.5. The number of hydrogen-bond donors (Lipinski definition) is 2. The van der Waals surface area contributed by atoms with Gasteiger partial charge >= 0.3 is 0 Å². The molecule has 0 fully saturated rings. The molecule has 6 heteroatoms. The highest BCUT2D eigenvalue weighted by Gasteiger charge is 2.26. The summed E-state index contributed by atoms with van der Waals surface area (Å²) in [5.41, 5.74) is 10.9. The van der Waals surface area contributed by atoms with Gasteiger partial charge in [-0.2, -0.15) is 0 Å². The molecular formula is C25H23N3O3. The number of nitrogen functional groups attached to an aromatic ring is 1. The highest BCUT2D eigenvalue weighted by molar-refractivity contribution is 6.20. The fourth-order valence-electron chi connectivity index (χ4n) is 3.65. The van der Waals surface area contributed by atoms with E-state index in [1.165, 1.54) is 0 Å². The Morgan fingerprint density at radius 3 is 2.42 bits per heavy atom. The van der Waals surface area contributed by atoms with Crippen molar-refractivity contribution in [2.24, 2.45) is 0 Å². The number of aryl methyl sites for hydroxylation is 1. The second-order valence-electron chi connectivity index (χ2n) is 7.35. The molecule has 0 bridgehead atoms. The summed E-state index contributed by atoms with van der Waals surface area (Å²) in [6.07, 6.45) is 1.73. The first-order chi connectivity index (χ1) is 14.9. The smallest absolute Gasteiger partial charge is 0.259 e. The van der Waals surface area contributed by atoms with Crippen LogP contribution in [0.2, 0.25) is 0 Å². The quantitative estimate of drug-likeness (QED) is 0.467. The van der Waals surface area contributed by atoms with Crippen molar-refractivity contribution in [1.29, 1.82) is 0 Å². The summed E-state index contributed by atoms with van der Waals surface area (Å²) in [7, 11) is 1.57. The normalized spacial score (nSPS) is 10.8. The number of ether oxygens (including phenoxy) is 1. The van der Waals surface area contributed by atoms with Gasteiger partial charge < -0.3 is 20.2 Å². The summed E-state index contributed by atoms with van der Waals surface area (Å²) < 4.78 is 6.83. The number of rotatable bonds is 5. The van der Waals surface area contributed by atoms with Crippen LogP contribution in [-0.4, -0.2) is 23.2 Å². The van der Waals surface area contributed by atoms with Crippen LogP contribution in [0.1, 0.15) is 37.5 Å². The average molecular weight is 413 g/mol. The molecule has 0 atom stereocenters. The third kappa shape index (κ3) is 3.53. The molecule has 0 aliphatic rings. The van der Waals surface area contributed by atoms with E-state index in [0.717, 1.165) is 11.1 Å². The lowest BCUT2D eigenvalue weighted by Crippen LogP contribution is -2.15. The number of methoxy groups -OCH3 is 1. The summed E-state index contributed by atoms with van der Waals surface area (Å²) in [4.78, 5) is 26.5. The monoisotopic (exact) mass is 413 g/mol. The molecule has 0 saturated carbocycles. The molecule has 2 heterocycles. The molecule has 2 aromatic heterocycles. The molecule has 0 unspecified atom stereocenters. The van der Waals surface area contributed by atoms with E-state index in [2.05, 4.69) is 5.32 Å². The topological polar surface area (TPSA) is 85.8 Å². The van der Waals surface area contributed by atoms with Crippen molar-refractivity contribution >= 4 is 28.6 Å². The molecule has 156 valence electrons. The number of fused-ring (bicyclic) bond motifs is 1. The lowest BCUT2D eigenvalue weighted by molar-refractivity contribution is 0.102. The van der Waals surface area contributed by atoms with E-state index in [1.807, 2.05) is 38.1 Å². The number of nitrogens with one attached hydrogen (secondary N) is 1. The molecule has 0 saturated heterocycles. The maximum atomic E-state index is 13.3. The summed E-state index contributed by atoms with van der Waals surface area (Å²) in [6, 6.07) is 17.9. The van der Waals surface area contributed by atoms with Gasteiger partial charge in [-0.3, -0.25) is 9.59 Å². The van der Waals surface area contributed by atoms with E-state index < -0.39 is 0 Å². The number of nitrogens with zero attached hydrogens (tertiary/aromatic N) is 1. The molecule has 0 spiro atoms. The van der Waals surface area contributed by atoms with Crippen molar-refractivity contribution in [1.82, 2.24) is 4.40 Å². The molecule has 1 amide bonds. The van der Waals surface area contributed by atoms with Crippen LogP contribution in [0.4, 0.5) is 11.4 Å². The Morgan fingerprint density at radius 1 is 0.968 bits per heavy atom. The number of benzene rings is 2. The molecule has 31 heavy (non-hydrogen) atoms. The highest BCUT2D eigenvalue weighted by Crippen LogP contribution is 2.30. The number of pyridine rings is 1.